The molecule has 0 radical (unpaired) electrons. The van der Waals surface area contributed by atoms with E-state index in [1.54, 1.807) is 6.20 Å². The molecule has 70 valence electrons. The van der Waals surface area contributed by atoms with E-state index in [1.165, 1.54) is 23.8 Å². The molecule has 1 saturated carbocycles. The molecule has 14 heavy (non-hydrogen) atoms. The molecule has 0 amide bonds. The number of hydrogen-bond donors (Lipinski definition) is 1. The molecule has 2 heteroatoms. The standard InChI is InChI=1S/C12H12N2/c13-12-11-7-10(8-1-2-8)4-3-9(11)5-6-14-12/h3-8H,1-2H2,(H2,13,14). The number of nitrogen functional groups attached to an aromatic ring is 1. The Kier molecular flexibility index (Phi) is 1.51. The Morgan fingerprint density at radius 1 is 1.21 bits per heavy atom. The van der Waals surface area contributed by atoms with Crippen LogP contribution in [0.1, 0.15) is 24.3 Å². The Hall–Kier alpha value is -1.57. The number of hydrogen-bond acceptors (Lipinski definition) is 2. The van der Waals surface area contributed by atoms with Gasteiger partial charge in [-0.25, -0.2) is 4.98 Å². The third kappa shape index (κ3) is 1.15. The van der Waals surface area contributed by atoms with Crippen molar-refractivity contribution in [3.05, 3.63) is 36.0 Å². The van der Waals surface area contributed by atoms with Crippen LogP contribution in [0.25, 0.3) is 10.8 Å². The van der Waals surface area contributed by atoms with Crippen LogP contribution in [0.4, 0.5) is 5.82 Å². The molecule has 3 rings (SSSR count). The van der Waals surface area contributed by atoms with Gasteiger partial charge in [0.05, 0.1) is 0 Å². The van der Waals surface area contributed by atoms with E-state index < -0.39 is 0 Å². The van der Waals surface area contributed by atoms with E-state index in [-0.39, 0.29) is 0 Å². The zero-order valence-corrected chi connectivity index (χ0v) is 7.90. The SMILES string of the molecule is Nc1nccc2ccc(C3CC3)cc12. The van der Waals surface area contributed by atoms with Crippen molar-refractivity contribution in [2.75, 3.05) is 5.73 Å². The van der Waals surface area contributed by atoms with Crippen LogP contribution in [0.15, 0.2) is 30.5 Å². The number of nitrogens with zero attached hydrogens (tertiary/aromatic N) is 1. The summed E-state index contributed by atoms with van der Waals surface area (Å²) in [6.45, 7) is 0. The molecule has 1 aliphatic carbocycles. The Balaban J connectivity index is 2.25. The van der Waals surface area contributed by atoms with Gasteiger partial charge in [-0.05, 0) is 41.8 Å². The third-order valence-electron chi connectivity index (χ3n) is 2.87. The van der Waals surface area contributed by atoms with Crippen LogP contribution >= 0.6 is 0 Å². The summed E-state index contributed by atoms with van der Waals surface area (Å²) in [6, 6.07) is 8.54. The summed E-state index contributed by atoms with van der Waals surface area (Å²) in [7, 11) is 0. The van der Waals surface area contributed by atoms with Gasteiger partial charge in [0.15, 0.2) is 0 Å². The molecule has 0 saturated heterocycles. The lowest BCUT2D eigenvalue weighted by Gasteiger charge is -2.03. The fourth-order valence-electron chi connectivity index (χ4n) is 1.88. The average Bonchev–Trinajstić information content (AvgIpc) is 3.01. The van der Waals surface area contributed by atoms with Crippen molar-refractivity contribution in [1.82, 2.24) is 4.98 Å². The zero-order chi connectivity index (χ0) is 9.54. The maximum absolute atomic E-state index is 5.83. The number of fused-ring (bicyclic) bond motifs is 1. The highest BCUT2D eigenvalue weighted by Gasteiger charge is 2.23. The van der Waals surface area contributed by atoms with E-state index in [1.807, 2.05) is 6.07 Å². The molecule has 0 aliphatic heterocycles. The van der Waals surface area contributed by atoms with Crippen LogP contribution < -0.4 is 5.73 Å². The van der Waals surface area contributed by atoms with Crippen molar-refractivity contribution in [2.45, 2.75) is 18.8 Å². The lowest BCUT2D eigenvalue weighted by molar-refractivity contribution is 1.14. The topological polar surface area (TPSA) is 38.9 Å². The first-order valence-corrected chi connectivity index (χ1v) is 4.99. The Bertz CT molecular complexity index is 487. The summed E-state index contributed by atoms with van der Waals surface area (Å²) >= 11 is 0. The van der Waals surface area contributed by atoms with Crippen molar-refractivity contribution < 1.29 is 0 Å². The molecule has 0 atom stereocenters. The normalized spacial score (nSPS) is 16.0. The van der Waals surface area contributed by atoms with E-state index in [0.29, 0.717) is 5.82 Å². The average molecular weight is 184 g/mol. The molecule has 1 aliphatic rings. The minimum Gasteiger partial charge on any atom is -0.383 e. The summed E-state index contributed by atoms with van der Waals surface area (Å²) < 4.78 is 0. The highest BCUT2D eigenvalue weighted by atomic mass is 14.8. The Morgan fingerprint density at radius 2 is 2.07 bits per heavy atom. The van der Waals surface area contributed by atoms with E-state index in [9.17, 15) is 0 Å². The van der Waals surface area contributed by atoms with Crippen molar-refractivity contribution in [3.8, 4) is 0 Å². The lowest BCUT2D eigenvalue weighted by Crippen LogP contribution is -1.91. The molecule has 0 unspecified atom stereocenters. The van der Waals surface area contributed by atoms with Crippen LogP contribution in [0.3, 0.4) is 0 Å². The molecule has 2 aromatic rings. The van der Waals surface area contributed by atoms with Crippen LogP contribution in [-0.4, -0.2) is 4.98 Å². The first kappa shape index (κ1) is 7.80. The van der Waals surface area contributed by atoms with Gasteiger partial charge in [0.1, 0.15) is 5.82 Å². The summed E-state index contributed by atoms with van der Waals surface area (Å²) in [5, 5.41) is 2.28. The largest absolute Gasteiger partial charge is 0.383 e. The maximum Gasteiger partial charge on any atom is 0.131 e. The number of pyridine rings is 1. The van der Waals surface area contributed by atoms with Gasteiger partial charge in [-0.1, -0.05) is 12.1 Å². The van der Waals surface area contributed by atoms with Crippen LogP contribution in [0.5, 0.6) is 0 Å². The minimum atomic E-state index is 0.644. The summed E-state index contributed by atoms with van der Waals surface area (Å²) in [5.74, 6) is 1.42. The molecular weight excluding hydrogens is 172 g/mol. The first-order chi connectivity index (χ1) is 6.84. The predicted molar refractivity (Wildman–Crippen MR) is 58.1 cm³/mol. The minimum absolute atomic E-state index is 0.644. The van der Waals surface area contributed by atoms with Crippen molar-refractivity contribution in [3.63, 3.8) is 0 Å². The van der Waals surface area contributed by atoms with Gasteiger partial charge in [-0.2, -0.15) is 0 Å². The molecule has 0 bridgehead atoms. The third-order valence-corrected chi connectivity index (χ3v) is 2.87. The van der Waals surface area contributed by atoms with E-state index in [2.05, 4.69) is 23.2 Å². The van der Waals surface area contributed by atoms with Gasteiger partial charge in [0.25, 0.3) is 0 Å². The van der Waals surface area contributed by atoms with Crippen molar-refractivity contribution in [1.29, 1.82) is 0 Å². The number of nitrogens with two attached hydrogens (primary N) is 1. The van der Waals surface area contributed by atoms with E-state index >= 15 is 0 Å². The van der Waals surface area contributed by atoms with Crippen LogP contribution in [0.2, 0.25) is 0 Å². The highest BCUT2D eigenvalue weighted by Crippen LogP contribution is 2.41. The fraction of sp³-hybridized carbons (Fsp3) is 0.250. The molecule has 1 fully saturated rings. The monoisotopic (exact) mass is 184 g/mol. The lowest BCUT2D eigenvalue weighted by atomic mass is 10.1. The second-order valence-electron chi connectivity index (χ2n) is 3.95. The number of aromatic nitrogens is 1. The second-order valence-corrected chi connectivity index (χ2v) is 3.95. The molecule has 1 aromatic carbocycles. The van der Waals surface area contributed by atoms with Gasteiger partial charge in [0, 0.05) is 11.6 Å². The summed E-state index contributed by atoms with van der Waals surface area (Å²) in [4.78, 5) is 4.11. The van der Waals surface area contributed by atoms with Gasteiger partial charge < -0.3 is 5.73 Å². The van der Waals surface area contributed by atoms with Gasteiger partial charge >= 0.3 is 0 Å². The maximum atomic E-state index is 5.83. The Morgan fingerprint density at radius 3 is 2.86 bits per heavy atom. The quantitative estimate of drug-likeness (QED) is 0.740. The number of rotatable bonds is 1. The van der Waals surface area contributed by atoms with Crippen molar-refractivity contribution >= 4 is 16.6 Å². The second kappa shape index (κ2) is 2.71. The van der Waals surface area contributed by atoms with Crippen molar-refractivity contribution in [2.24, 2.45) is 0 Å². The number of benzene rings is 1. The Labute approximate surface area is 82.8 Å². The molecule has 2 N–H and O–H groups in total. The highest BCUT2D eigenvalue weighted by molar-refractivity contribution is 5.91. The molecule has 2 nitrogen and oxygen atoms in total. The van der Waals surface area contributed by atoms with Gasteiger partial charge in [0.2, 0.25) is 0 Å². The summed E-state index contributed by atoms with van der Waals surface area (Å²) in [5.41, 5.74) is 7.25. The first-order valence-electron chi connectivity index (χ1n) is 4.99. The van der Waals surface area contributed by atoms with Crippen LogP contribution in [-0.2, 0) is 0 Å². The fourth-order valence-corrected chi connectivity index (χ4v) is 1.88. The number of anilines is 1. The van der Waals surface area contributed by atoms with Gasteiger partial charge in [-0.15, -0.1) is 0 Å². The smallest absolute Gasteiger partial charge is 0.131 e. The molecule has 0 spiro atoms. The molecule has 1 heterocycles. The molecular formula is C12H12N2. The summed E-state index contributed by atoms with van der Waals surface area (Å²) in [6.07, 6.45) is 4.41. The van der Waals surface area contributed by atoms with E-state index in [4.69, 9.17) is 5.73 Å². The van der Waals surface area contributed by atoms with E-state index in [0.717, 1.165) is 11.3 Å². The molecule has 1 aromatic heterocycles. The zero-order valence-electron chi connectivity index (χ0n) is 7.90. The predicted octanol–water partition coefficient (Wildman–Crippen LogP) is 2.69. The van der Waals surface area contributed by atoms with Crippen LogP contribution in [0, 0.1) is 0 Å². The van der Waals surface area contributed by atoms with Gasteiger partial charge in [-0.3, -0.25) is 0 Å².